The monoisotopic (exact) mass is 253 g/mol. The molecule has 1 aromatic carbocycles. The van der Waals surface area contributed by atoms with E-state index in [2.05, 4.69) is 10.1 Å². The molecule has 8 heteroatoms. The van der Waals surface area contributed by atoms with E-state index in [4.69, 9.17) is 11.5 Å². The quantitative estimate of drug-likeness (QED) is 0.767. The maximum absolute atomic E-state index is 11.4. The molecule has 0 saturated carbocycles. The molecule has 1 aromatic heterocycles. The van der Waals surface area contributed by atoms with E-state index in [1.54, 1.807) is 12.1 Å². The molecule has 0 atom stereocenters. The molecule has 0 aliphatic carbocycles. The third-order valence-corrected chi connectivity index (χ3v) is 3.25. The highest BCUT2D eigenvalue weighted by molar-refractivity contribution is 7.90. The molecule has 0 spiro atoms. The molecule has 0 radical (unpaired) electrons. The summed E-state index contributed by atoms with van der Waals surface area (Å²) in [5, 5.41) is 3.87. The van der Waals surface area contributed by atoms with Crippen LogP contribution in [0.2, 0.25) is 0 Å². The van der Waals surface area contributed by atoms with Crippen LogP contribution < -0.4 is 11.5 Å². The topological polar surface area (TPSA) is 117 Å². The highest BCUT2D eigenvalue weighted by Gasteiger charge is 2.11. The number of rotatable bonds is 2. The van der Waals surface area contributed by atoms with Crippen LogP contribution in [0.15, 0.2) is 29.2 Å². The molecule has 0 unspecified atom stereocenters. The lowest BCUT2D eigenvalue weighted by Crippen LogP contribution is -2.04. The van der Waals surface area contributed by atoms with Crippen molar-refractivity contribution in [3.05, 3.63) is 24.3 Å². The van der Waals surface area contributed by atoms with Crippen LogP contribution in [0.1, 0.15) is 0 Å². The summed E-state index contributed by atoms with van der Waals surface area (Å²) in [6.45, 7) is 0. The van der Waals surface area contributed by atoms with Crippen molar-refractivity contribution in [3.63, 3.8) is 0 Å². The van der Waals surface area contributed by atoms with Crippen LogP contribution in [0.5, 0.6) is 0 Å². The Hall–Kier alpha value is -2.09. The Bertz CT molecular complexity index is 662. The van der Waals surface area contributed by atoms with Crippen molar-refractivity contribution < 1.29 is 8.42 Å². The molecule has 7 nitrogen and oxygen atoms in total. The second-order valence-corrected chi connectivity index (χ2v) is 5.53. The molecular formula is C9H11N5O2S. The molecule has 17 heavy (non-hydrogen) atoms. The lowest BCUT2D eigenvalue weighted by molar-refractivity contribution is 0.601. The fraction of sp³-hybridized carbons (Fsp3) is 0.111. The number of benzene rings is 1. The van der Waals surface area contributed by atoms with Crippen LogP contribution in [-0.2, 0) is 9.84 Å². The summed E-state index contributed by atoms with van der Waals surface area (Å²) < 4.78 is 24.1. The first-order chi connectivity index (χ1) is 7.88. The first-order valence-corrected chi connectivity index (χ1v) is 6.55. The van der Waals surface area contributed by atoms with Crippen LogP contribution >= 0.6 is 0 Å². The second kappa shape index (κ2) is 3.74. The molecule has 2 aromatic rings. The van der Waals surface area contributed by atoms with Gasteiger partial charge in [0.2, 0.25) is 11.9 Å². The number of hydrogen-bond acceptors (Lipinski definition) is 6. The first-order valence-electron chi connectivity index (χ1n) is 4.66. The number of nitrogen functional groups attached to an aromatic ring is 2. The Balaban J connectivity index is 2.58. The number of nitrogens with two attached hydrogens (primary N) is 2. The van der Waals surface area contributed by atoms with Gasteiger partial charge in [-0.05, 0) is 18.2 Å². The summed E-state index contributed by atoms with van der Waals surface area (Å²) in [5.74, 6) is 0.139. The van der Waals surface area contributed by atoms with Crippen molar-refractivity contribution in [2.75, 3.05) is 17.7 Å². The Kier molecular flexibility index (Phi) is 2.50. The van der Waals surface area contributed by atoms with Gasteiger partial charge in [-0.1, -0.05) is 6.07 Å². The summed E-state index contributed by atoms with van der Waals surface area (Å²) in [7, 11) is -3.27. The Morgan fingerprint density at radius 3 is 2.53 bits per heavy atom. The highest BCUT2D eigenvalue weighted by atomic mass is 32.2. The first kappa shape index (κ1) is 11.4. The predicted molar refractivity (Wildman–Crippen MR) is 63.3 cm³/mol. The number of anilines is 2. The molecular weight excluding hydrogens is 242 g/mol. The van der Waals surface area contributed by atoms with Crippen LogP contribution in [-0.4, -0.2) is 29.4 Å². The standard InChI is InChI=1S/C9H11N5O2S/c1-17(15,16)7-4-2-3-6(5-7)14-9(11)12-8(10)13-14/h2-5H,1H3,(H4,10,11,12,13). The van der Waals surface area contributed by atoms with E-state index in [1.807, 2.05) is 0 Å². The van der Waals surface area contributed by atoms with Crippen LogP contribution in [0.3, 0.4) is 0 Å². The predicted octanol–water partition coefficient (Wildman–Crippen LogP) is -0.165. The average Bonchev–Trinajstić information content (AvgIpc) is 2.57. The fourth-order valence-electron chi connectivity index (χ4n) is 1.38. The molecule has 0 bridgehead atoms. The lowest BCUT2D eigenvalue weighted by atomic mass is 10.3. The minimum Gasteiger partial charge on any atom is -0.368 e. The molecule has 0 aliphatic rings. The zero-order valence-electron chi connectivity index (χ0n) is 9.03. The van der Waals surface area contributed by atoms with Crippen LogP contribution in [0.25, 0.3) is 5.69 Å². The molecule has 0 fully saturated rings. The molecule has 0 aliphatic heterocycles. The van der Waals surface area contributed by atoms with E-state index in [1.165, 1.54) is 16.8 Å². The van der Waals surface area contributed by atoms with Gasteiger partial charge in [-0.3, -0.25) is 0 Å². The average molecular weight is 253 g/mol. The third kappa shape index (κ3) is 2.21. The van der Waals surface area contributed by atoms with Crippen molar-refractivity contribution in [2.45, 2.75) is 4.90 Å². The summed E-state index contributed by atoms with van der Waals surface area (Å²) >= 11 is 0. The van der Waals surface area contributed by atoms with Gasteiger partial charge in [-0.2, -0.15) is 9.67 Å². The molecule has 90 valence electrons. The lowest BCUT2D eigenvalue weighted by Gasteiger charge is -2.04. The zero-order chi connectivity index (χ0) is 12.6. The van der Waals surface area contributed by atoms with Gasteiger partial charge in [-0.25, -0.2) is 8.42 Å². The van der Waals surface area contributed by atoms with Crippen molar-refractivity contribution >= 4 is 21.7 Å². The van der Waals surface area contributed by atoms with Crippen LogP contribution in [0, 0.1) is 0 Å². The smallest absolute Gasteiger partial charge is 0.241 e. The summed E-state index contributed by atoms with van der Waals surface area (Å²) in [5.41, 5.74) is 11.5. The molecule has 4 N–H and O–H groups in total. The van der Waals surface area contributed by atoms with E-state index < -0.39 is 9.84 Å². The normalized spacial score (nSPS) is 11.6. The number of nitrogens with zero attached hydrogens (tertiary/aromatic N) is 3. The van der Waals surface area contributed by atoms with E-state index >= 15 is 0 Å². The van der Waals surface area contributed by atoms with Gasteiger partial charge in [0.15, 0.2) is 9.84 Å². The number of aromatic nitrogens is 3. The second-order valence-electron chi connectivity index (χ2n) is 3.51. The summed E-state index contributed by atoms with van der Waals surface area (Å²) in [6.07, 6.45) is 1.13. The highest BCUT2D eigenvalue weighted by Crippen LogP contribution is 2.16. The summed E-state index contributed by atoms with van der Waals surface area (Å²) in [6, 6.07) is 6.22. The van der Waals surface area contributed by atoms with Crippen molar-refractivity contribution in [1.82, 2.24) is 14.8 Å². The number of hydrogen-bond donors (Lipinski definition) is 2. The van der Waals surface area contributed by atoms with Crippen molar-refractivity contribution in [1.29, 1.82) is 0 Å². The van der Waals surface area contributed by atoms with Gasteiger partial charge in [-0.15, -0.1) is 5.10 Å². The molecule has 0 saturated heterocycles. The summed E-state index contributed by atoms with van der Waals surface area (Å²) in [4.78, 5) is 3.92. The molecule has 2 rings (SSSR count). The number of sulfone groups is 1. The maximum atomic E-state index is 11.4. The van der Waals surface area contributed by atoms with E-state index in [9.17, 15) is 8.42 Å². The Morgan fingerprint density at radius 2 is 2.00 bits per heavy atom. The van der Waals surface area contributed by atoms with Crippen molar-refractivity contribution in [3.8, 4) is 5.69 Å². The van der Waals surface area contributed by atoms with E-state index in [-0.39, 0.29) is 16.8 Å². The van der Waals surface area contributed by atoms with Gasteiger partial charge >= 0.3 is 0 Å². The van der Waals surface area contributed by atoms with Crippen molar-refractivity contribution in [2.24, 2.45) is 0 Å². The third-order valence-electron chi connectivity index (χ3n) is 2.14. The van der Waals surface area contributed by atoms with Gasteiger partial charge in [0, 0.05) is 6.26 Å². The Morgan fingerprint density at radius 1 is 1.29 bits per heavy atom. The minimum atomic E-state index is -3.27. The van der Waals surface area contributed by atoms with Gasteiger partial charge in [0.05, 0.1) is 10.6 Å². The molecule has 0 amide bonds. The fourth-order valence-corrected chi connectivity index (χ4v) is 2.04. The maximum Gasteiger partial charge on any atom is 0.241 e. The van der Waals surface area contributed by atoms with E-state index in [0.717, 1.165) is 6.26 Å². The largest absolute Gasteiger partial charge is 0.368 e. The minimum absolute atomic E-state index is 0.0345. The van der Waals surface area contributed by atoms with Gasteiger partial charge in [0.1, 0.15) is 0 Å². The van der Waals surface area contributed by atoms with Gasteiger partial charge < -0.3 is 11.5 Å². The SMILES string of the molecule is CS(=O)(=O)c1cccc(-n2nc(N)nc2N)c1. The van der Waals surface area contributed by atoms with Gasteiger partial charge in [0.25, 0.3) is 0 Å². The van der Waals surface area contributed by atoms with E-state index in [0.29, 0.717) is 5.69 Å². The molecule has 1 heterocycles. The Labute approximate surface area is 98.0 Å². The zero-order valence-corrected chi connectivity index (χ0v) is 9.85. The van der Waals surface area contributed by atoms with Crippen LogP contribution in [0.4, 0.5) is 11.9 Å².